The van der Waals surface area contributed by atoms with Crippen molar-refractivity contribution in [2.24, 2.45) is 0 Å². The van der Waals surface area contributed by atoms with Gasteiger partial charge in [-0.25, -0.2) is 3.96 Å². The molecule has 2 nitrogen and oxygen atoms in total. The van der Waals surface area contributed by atoms with Gasteiger partial charge in [0.05, 0.1) is 5.69 Å². The summed E-state index contributed by atoms with van der Waals surface area (Å²) >= 11 is 10.5. The zero-order valence-electron chi connectivity index (χ0n) is 7.83. The van der Waals surface area contributed by atoms with Crippen LogP contribution in [-0.4, -0.2) is 3.96 Å². The summed E-state index contributed by atoms with van der Waals surface area (Å²) in [5.74, 6) is 0. The zero-order valence-corrected chi connectivity index (χ0v) is 11.0. The number of nitrogens with zero attached hydrogens (tertiary/aromatic N) is 1. The van der Waals surface area contributed by atoms with E-state index in [0.717, 1.165) is 10.2 Å². The van der Waals surface area contributed by atoms with Crippen molar-refractivity contribution in [2.75, 3.05) is 0 Å². The van der Waals surface area contributed by atoms with Crippen LogP contribution in [0, 0.1) is 6.92 Å². The van der Waals surface area contributed by atoms with E-state index in [1.165, 1.54) is 11.5 Å². The molecule has 1 heterocycles. The molecule has 0 saturated carbocycles. The molecule has 78 valence electrons. The standard InChI is InChI=1S/C10H7BrClNOS/c1-6-9(12)15-13(10(6)14)8-4-2-7(11)3-5-8/h2-5H,1H3. The Morgan fingerprint density at radius 1 is 1.33 bits per heavy atom. The molecule has 0 spiro atoms. The minimum absolute atomic E-state index is 0.0488. The minimum atomic E-state index is -0.0488. The number of hydrogen-bond acceptors (Lipinski definition) is 2. The van der Waals surface area contributed by atoms with Crippen LogP contribution in [-0.2, 0) is 0 Å². The van der Waals surface area contributed by atoms with Gasteiger partial charge in [0.1, 0.15) is 4.34 Å². The molecule has 0 atom stereocenters. The van der Waals surface area contributed by atoms with Crippen molar-refractivity contribution in [1.29, 1.82) is 0 Å². The smallest absolute Gasteiger partial charge is 0.268 e. The van der Waals surface area contributed by atoms with Gasteiger partial charge in [0.15, 0.2) is 0 Å². The van der Waals surface area contributed by atoms with Gasteiger partial charge >= 0.3 is 0 Å². The Morgan fingerprint density at radius 2 is 1.93 bits per heavy atom. The lowest BCUT2D eigenvalue weighted by Crippen LogP contribution is -2.12. The van der Waals surface area contributed by atoms with E-state index in [1.807, 2.05) is 24.3 Å². The molecule has 0 aliphatic rings. The monoisotopic (exact) mass is 303 g/mol. The molecule has 0 unspecified atom stereocenters. The SMILES string of the molecule is Cc1c(Cl)sn(-c2ccc(Br)cc2)c1=O. The average Bonchev–Trinajstić information content (AvgIpc) is 2.47. The highest BCUT2D eigenvalue weighted by molar-refractivity contribution is 9.10. The van der Waals surface area contributed by atoms with E-state index < -0.39 is 0 Å². The highest BCUT2D eigenvalue weighted by Gasteiger charge is 2.09. The fraction of sp³-hybridized carbons (Fsp3) is 0.100. The third kappa shape index (κ3) is 2.02. The van der Waals surface area contributed by atoms with E-state index in [-0.39, 0.29) is 5.56 Å². The maximum atomic E-state index is 11.8. The number of benzene rings is 1. The first-order valence-corrected chi connectivity index (χ1v) is 6.18. The lowest BCUT2D eigenvalue weighted by atomic mass is 10.3. The third-order valence-corrected chi connectivity index (χ3v) is 4.08. The summed E-state index contributed by atoms with van der Waals surface area (Å²) < 4.78 is 3.12. The first-order valence-electron chi connectivity index (χ1n) is 4.24. The van der Waals surface area contributed by atoms with Crippen LogP contribution in [0.4, 0.5) is 0 Å². The Kier molecular flexibility index (Phi) is 3.00. The summed E-state index contributed by atoms with van der Waals surface area (Å²) in [5.41, 5.74) is 1.39. The average molecular weight is 305 g/mol. The molecule has 0 aliphatic carbocycles. The van der Waals surface area contributed by atoms with Crippen molar-refractivity contribution < 1.29 is 0 Å². The fourth-order valence-electron chi connectivity index (χ4n) is 1.17. The van der Waals surface area contributed by atoms with Gasteiger partial charge in [-0.3, -0.25) is 4.79 Å². The van der Waals surface area contributed by atoms with E-state index in [2.05, 4.69) is 15.9 Å². The molecule has 15 heavy (non-hydrogen) atoms. The molecule has 0 aliphatic heterocycles. The van der Waals surface area contributed by atoms with E-state index in [9.17, 15) is 4.79 Å². The molecule has 0 fully saturated rings. The molecule has 1 aromatic carbocycles. The van der Waals surface area contributed by atoms with Gasteiger partial charge in [0.25, 0.3) is 5.56 Å². The van der Waals surface area contributed by atoms with Gasteiger partial charge in [-0.05, 0) is 42.7 Å². The normalized spacial score (nSPS) is 10.6. The first kappa shape index (κ1) is 10.9. The molecule has 2 rings (SSSR count). The Labute approximate surface area is 104 Å². The summed E-state index contributed by atoms with van der Waals surface area (Å²) in [6.45, 7) is 1.73. The Bertz CT molecular complexity index is 544. The zero-order chi connectivity index (χ0) is 11.0. The van der Waals surface area contributed by atoms with Crippen molar-refractivity contribution in [1.82, 2.24) is 3.96 Å². The van der Waals surface area contributed by atoms with Crippen molar-refractivity contribution in [3.8, 4) is 5.69 Å². The quantitative estimate of drug-likeness (QED) is 0.788. The van der Waals surface area contributed by atoms with Crippen molar-refractivity contribution in [2.45, 2.75) is 6.92 Å². The van der Waals surface area contributed by atoms with Crippen LogP contribution in [0.3, 0.4) is 0 Å². The van der Waals surface area contributed by atoms with Crippen LogP contribution in [0.5, 0.6) is 0 Å². The van der Waals surface area contributed by atoms with Crippen molar-refractivity contribution >= 4 is 39.1 Å². The van der Waals surface area contributed by atoms with Crippen LogP contribution in [0.15, 0.2) is 33.5 Å². The highest BCUT2D eigenvalue weighted by atomic mass is 79.9. The van der Waals surface area contributed by atoms with Crippen LogP contribution in [0.25, 0.3) is 5.69 Å². The van der Waals surface area contributed by atoms with E-state index >= 15 is 0 Å². The second-order valence-electron chi connectivity index (χ2n) is 3.07. The van der Waals surface area contributed by atoms with E-state index in [1.54, 1.807) is 10.9 Å². The minimum Gasteiger partial charge on any atom is -0.268 e. The predicted octanol–water partition coefficient (Wildman–Crippen LogP) is 3.62. The molecule has 0 radical (unpaired) electrons. The predicted molar refractivity (Wildman–Crippen MR) is 67.4 cm³/mol. The summed E-state index contributed by atoms with van der Waals surface area (Å²) in [6, 6.07) is 7.53. The lowest BCUT2D eigenvalue weighted by Gasteiger charge is -1.99. The van der Waals surface area contributed by atoms with E-state index in [0.29, 0.717) is 9.90 Å². The largest absolute Gasteiger partial charge is 0.269 e. The maximum Gasteiger partial charge on any atom is 0.269 e. The fourth-order valence-corrected chi connectivity index (χ4v) is 2.56. The highest BCUT2D eigenvalue weighted by Crippen LogP contribution is 2.22. The maximum absolute atomic E-state index is 11.8. The summed E-state index contributed by atoms with van der Waals surface area (Å²) in [4.78, 5) is 11.8. The molecule has 0 N–H and O–H groups in total. The molecule has 0 amide bonds. The summed E-state index contributed by atoms with van der Waals surface area (Å²) in [6.07, 6.45) is 0. The van der Waals surface area contributed by atoms with E-state index in [4.69, 9.17) is 11.6 Å². The van der Waals surface area contributed by atoms with Crippen LogP contribution in [0.2, 0.25) is 4.34 Å². The summed E-state index contributed by atoms with van der Waals surface area (Å²) in [5, 5.41) is 0. The van der Waals surface area contributed by atoms with Gasteiger partial charge in [0.2, 0.25) is 0 Å². The topological polar surface area (TPSA) is 22.0 Å². The van der Waals surface area contributed by atoms with Gasteiger partial charge in [-0.1, -0.05) is 27.5 Å². The number of hydrogen-bond donors (Lipinski definition) is 0. The molecule has 1 aromatic heterocycles. The second kappa shape index (κ2) is 4.12. The Hall–Kier alpha value is -0.580. The molecular formula is C10H7BrClNOS. The number of halogens is 2. The molecule has 0 saturated heterocycles. The second-order valence-corrected chi connectivity index (χ2v) is 5.54. The summed E-state index contributed by atoms with van der Waals surface area (Å²) in [7, 11) is 0. The van der Waals surface area contributed by atoms with Crippen molar-refractivity contribution in [3.05, 3.63) is 49.0 Å². The lowest BCUT2D eigenvalue weighted by molar-refractivity contribution is 1.11. The van der Waals surface area contributed by atoms with Crippen LogP contribution >= 0.6 is 39.1 Å². The molecule has 5 heteroatoms. The van der Waals surface area contributed by atoms with Gasteiger partial charge in [-0.2, -0.15) is 0 Å². The first-order chi connectivity index (χ1) is 7.09. The van der Waals surface area contributed by atoms with Crippen LogP contribution < -0.4 is 5.56 Å². The van der Waals surface area contributed by atoms with Gasteiger partial charge in [0, 0.05) is 10.0 Å². The van der Waals surface area contributed by atoms with Crippen LogP contribution in [0.1, 0.15) is 5.56 Å². The molecular weight excluding hydrogens is 298 g/mol. The molecule has 0 bridgehead atoms. The van der Waals surface area contributed by atoms with Gasteiger partial charge < -0.3 is 0 Å². The number of rotatable bonds is 1. The Balaban J connectivity index is 2.59. The number of aromatic nitrogens is 1. The Morgan fingerprint density at radius 3 is 2.40 bits per heavy atom. The van der Waals surface area contributed by atoms with Gasteiger partial charge in [-0.15, -0.1) is 0 Å². The van der Waals surface area contributed by atoms with Crippen molar-refractivity contribution in [3.63, 3.8) is 0 Å². The third-order valence-electron chi connectivity index (χ3n) is 2.03. The molecule has 2 aromatic rings.